The van der Waals surface area contributed by atoms with Gasteiger partial charge in [0.15, 0.2) is 0 Å². The Balaban J connectivity index is 1.77. The average molecular weight is 304 g/mol. The summed E-state index contributed by atoms with van der Waals surface area (Å²) in [5.74, 6) is 0. The van der Waals surface area contributed by atoms with Gasteiger partial charge >= 0.3 is 0 Å². The van der Waals surface area contributed by atoms with Gasteiger partial charge in [-0.2, -0.15) is 0 Å². The Morgan fingerprint density at radius 1 is 1.31 bits per heavy atom. The molecule has 2 rings (SSSR count). The number of alkyl halides is 1. The van der Waals surface area contributed by atoms with Crippen molar-refractivity contribution in [2.75, 3.05) is 38.1 Å². The third-order valence-corrected chi connectivity index (χ3v) is 4.20. The molecule has 0 radical (unpaired) electrons. The summed E-state index contributed by atoms with van der Waals surface area (Å²) in [5, 5.41) is 4.47. The first-order chi connectivity index (χ1) is 7.78. The van der Waals surface area contributed by atoms with Gasteiger partial charge in [-0.3, -0.25) is 9.80 Å². The molecule has 16 heavy (non-hydrogen) atoms. The molecule has 1 fully saturated rings. The van der Waals surface area contributed by atoms with Crippen LogP contribution in [0.25, 0.3) is 0 Å². The fraction of sp³-hybridized carbons (Fsp3) is 0.727. The number of rotatable bonds is 4. The Labute approximate surface area is 110 Å². The third kappa shape index (κ3) is 3.52. The van der Waals surface area contributed by atoms with Crippen LogP contribution >= 0.6 is 27.3 Å². The van der Waals surface area contributed by atoms with Crippen LogP contribution in [0.2, 0.25) is 0 Å². The van der Waals surface area contributed by atoms with Gasteiger partial charge in [0.25, 0.3) is 0 Å². The highest BCUT2D eigenvalue weighted by atomic mass is 79.9. The summed E-state index contributed by atoms with van der Waals surface area (Å²) in [6, 6.07) is 0. The number of hydrogen-bond acceptors (Lipinski definition) is 4. The van der Waals surface area contributed by atoms with E-state index in [2.05, 4.69) is 43.0 Å². The Bertz CT molecular complexity index is 321. The first-order valence-corrected chi connectivity index (χ1v) is 7.70. The number of nitrogens with zero attached hydrogens (tertiary/aromatic N) is 3. The van der Waals surface area contributed by atoms with E-state index in [1.54, 1.807) is 11.3 Å². The van der Waals surface area contributed by atoms with E-state index in [0.717, 1.165) is 17.6 Å². The molecule has 2 heterocycles. The van der Waals surface area contributed by atoms with Crippen LogP contribution in [0.5, 0.6) is 0 Å². The van der Waals surface area contributed by atoms with Crippen LogP contribution in [0.1, 0.15) is 10.7 Å². The number of thiazole rings is 1. The van der Waals surface area contributed by atoms with E-state index in [4.69, 9.17) is 0 Å². The Morgan fingerprint density at radius 2 is 2.00 bits per heavy atom. The number of aryl methyl sites for hydroxylation is 1. The standard InChI is InChI=1S/C11H18BrN3S/c1-10-9-16-11(13-10)8-15-6-4-14(3-2-12)5-7-15/h9H,2-8H2,1H3. The van der Waals surface area contributed by atoms with Crippen LogP contribution < -0.4 is 0 Å². The Morgan fingerprint density at radius 3 is 2.56 bits per heavy atom. The van der Waals surface area contributed by atoms with Gasteiger partial charge < -0.3 is 0 Å². The highest BCUT2D eigenvalue weighted by Crippen LogP contribution is 2.13. The molecular formula is C11H18BrN3S. The molecule has 0 aromatic carbocycles. The highest BCUT2D eigenvalue weighted by Gasteiger charge is 2.16. The lowest BCUT2D eigenvalue weighted by Crippen LogP contribution is -2.46. The van der Waals surface area contributed by atoms with Gasteiger partial charge in [-0.15, -0.1) is 11.3 Å². The van der Waals surface area contributed by atoms with E-state index in [0.29, 0.717) is 0 Å². The zero-order valence-electron chi connectivity index (χ0n) is 9.65. The van der Waals surface area contributed by atoms with Gasteiger partial charge in [0.1, 0.15) is 5.01 Å². The molecule has 0 amide bonds. The van der Waals surface area contributed by atoms with Gasteiger partial charge in [-0.05, 0) is 6.92 Å². The van der Waals surface area contributed by atoms with Gasteiger partial charge in [0.2, 0.25) is 0 Å². The van der Waals surface area contributed by atoms with Crippen LogP contribution in [0.3, 0.4) is 0 Å². The van der Waals surface area contributed by atoms with Crippen molar-refractivity contribution in [1.29, 1.82) is 0 Å². The zero-order chi connectivity index (χ0) is 11.4. The second kappa shape index (κ2) is 6.10. The van der Waals surface area contributed by atoms with Gasteiger partial charge in [0, 0.05) is 49.1 Å². The highest BCUT2D eigenvalue weighted by molar-refractivity contribution is 9.09. The lowest BCUT2D eigenvalue weighted by molar-refractivity contribution is 0.133. The summed E-state index contributed by atoms with van der Waals surface area (Å²) in [7, 11) is 0. The normalized spacial score (nSPS) is 19.1. The fourth-order valence-corrected chi connectivity index (χ4v) is 3.27. The third-order valence-electron chi connectivity index (χ3n) is 2.89. The lowest BCUT2D eigenvalue weighted by Gasteiger charge is -2.33. The average Bonchev–Trinajstić information content (AvgIpc) is 2.67. The Kier molecular flexibility index (Phi) is 4.76. The molecule has 90 valence electrons. The van der Waals surface area contributed by atoms with Gasteiger partial charge in [-0.1, -0.05) is 15.9 Å². The molecule has 0 saturated carbocycles. The fourth-order valence-electron chi connectivity index (χ4n) is 1.96. The number of hydrogen-bond donors (Lipinski definition) is 0. The summed E-state index contributed by atoms with van der Waals surface area (Å²) in [6.45, 7) is 8.99. The van der Waals surface area contributed by atoms with Crippen molar-refractivity contribution in [3.05, 3.63) is 16.1 Å². The molecule has 0 bridgehead atoms. The molecular weight excluding hydrogens is 286 g/mol. The van der Waals surface area contributed by atoms with Crippen LogP contribution in [-0.4, -0.2) is 52.8 Å². The van der Waals surface area contributed by atoms with Gasteiger partial charge in [0.05, 0.1) is 6.54 Å². The Hall–Kier alpha value is 0.0300. The molecule has 1 saturated heterocycles. The van der Waals surface area contributed by atoms with E-state index in [1.807, 2.05) is 0 Å². The maximum absolute atomic E-state index is 4.52. The van der Waals surface area contributed by atoms with E-state index >= 15 is 0 Å². The summed E-state index contributed by atoms with van der Waals surface area (Å²) >= 11 is 5.27. The zero-order valence-corrected chi connectivity index (χ0v) is 12.1. The van der Waals surface area contributed by atoms with Crippen molar-refractivity contribution in [1.82, 2.24) is 14.8 Å². The van der Waals surface area contributed by atoms with Crippen molar-refractivity contribution in [3.8, 4) is 0 Å². The second-order valence-electron chi connectivity index (χ2n) is 4.19. The molecule has 0 spiro atoms. The van der Waals surface area contributed by atoms with E-state index in [1.165, 1.54) is 37.7 Å². The van der Waals surface area contributed by atoms with Gasteiger partial charge in [-0.25, -0.2) is 4.98 Å². The van der Waals surface area contributed by atoms with E-state index < -0.39 is 0 Å². The molecule has 0 aliphatic carbocycles. The van der Waals surface area contributed by atoms with Crippen LogP contribution in [0, 0.1) is 6.92 Å². The first-order valence-electron chi connectivity index (χ1n) is 5.69. The van der Waals surface area contributed by atoms with Crippen LogP contribution in [0.4, 0.5) is 0 Å². The maximum atomic E-state index is 4.52. The largest absolute Gasteiger partial charge is 0.300 e. The van der Waals surface area contributed by atoms with Crippen molar-refractivity contribution in [3.63, 3.8) is 0 Å². The lowest BCUT2D eigenvalue weighted by atomic mass is 10.3. The summed E-state index contributed by atoms with van der Waals surface area (Å²) in [4.78, 5) is 9.53. The van der Waals surface area contributed by atoms with Crippen molar-refractivity contribution in [2.24, 2.45) is 0 Å². The predicted octanol–water partition coefficient (Wildman–Crippen LogP) is 1.96. The van der Waals surface area contributed by atoms with E-state index in [-0.39, 0.29) is 0 Å². The molecule has 1 aliphatic rings. The minimum atomic E-state index is 1.03. The number of halogens is 1. The van der Waals surface area contributed by atoms with Crippen molar-refractivity contribution < 1.29 is 0 Å². The van der Waals surface area contributed by atoms with Crippen molar-refractivity contribution in [2.45, 2.75) is 13.5 Å². The second-order valence-corrected chi connectivity index (χ2v) is 5.93. The molecule has 0 N–H and O–H groups in total. The first kappa shape index (κ1) is 12.5. The number of piperazine rings is 1. The van der Waals surface area contributed by atoms with Crippen molar-refractivity contribution >= 4 is 27.3 Å². The summed E-state index contributed by atoms with van der Waals surface area (Å²) in [6.07, 6.45) is 0. The SMILES string of the molecule is Cc1csc(CN2CCN(CCBr)CC2)n1. The predicted molar refractivity (Wildman–Crippen MR) is 72.4 cm³/mol. The molecule has 1 aromatic heterocycles. The van der Waals surface area contributed by atoms with Crippen LogP contribution in [-0.2, 0) is 6.54 Å². The number of aromatic nitrogens is 1. The smallest absolute Gasteiger partial charge is 0.107 e. The molecule has 5 heteroatoms. The molecule has 0 atom stereocenters. The summed E-state index contributed by atoms with van der Waals surface area (Å²) < 4.78 is 0. The molecule has 3 nitrogen and oxygen atoms in total. The minimum Gasteiger partial charge on any atom is -0.300 e. The monoisotopic (exact) mass is 303 g/mol. The minimum absolute atomic E-state index is 1.03. The van der Waals surface area contributed by atoms with Crippen LogP contribution in [0.15, 0.2) is 5.38 Å². The topological polar surface area (TPSA) is 19.4 Å². The summed E-state index contributed by atoms with van der Waals surface area (Å²) in [5.41, 5.74) is 1.15. The molecule has 1 aromatic rings. The maximum Gasteiger partial charge on any atom is 0.107 e. The molecule has 0 unspecified atom stereocenters. The molecule has 1 aliphatic heterocycles. The van der Waals surface area contributed by atoms with E-state index in [9.17, 15) is 0 Å². The quantitative estimate of drug-likeness (QED) is 0.793.